The summed E-state index contributed by atoms with van der Waals surface area (Å²) in [5.41, 5.74) is 0.851. The number of halogens is 1. The molecule has 2 aromatic carbocycles. The Morgan fingerprint density at radius 3 is 2.00 bits per heavy atom. The van der Waals surface area contributed by atoms with Crippen molar-refractivity contribution in [1.29, 1.82) is 0 Å². The highest BCUT2D eigenvalue weighted by Gasteiger charge is 2.19. The third-order valence-electron chi connectivity index (χ3n) is 3.06. The highest BCUT2D eigenvalue weighted by atomic mass is 35.5. The molecule has 21 heavy (non-hydrogen) atoms. The van der Waals surface area contributed by atoms with Gasteiger partial charge in [-0.15, -0.1) is 0 Å². The molecule has 0 spiro atoms. The molecule has 0 aromatic heterocycles. The first-order chi connectivity index (χ1) is 10.1. The van der Waals surface area contributed by atoms with Crippen LogP contribution in [0, 0.1) is 0 Å². The van der Waals surface area contributed by atoms with Crippen molar-refractivity contribution in [2.45, 2.75) is 0 Å². The Morgan fingerprint density at radius 2 is 1.43 bits per heavy atom. The van der Waals surface area contributed by atoms with Gasteiger partial charge in [0.05, 0.1) is 32.5 Å². The van der Waals surface area contributed by atoms with E-state index in [1.54, 1.807) is 43.5 Å². The molecule has 0 saturated carbocycles. The van der Waals surface area contributed by atoms with Gasteiger partial charge in [0.25, 0.3) is 0 Å². The van der Waals surface area contributed by atoms with Crippen molar-refractivity contribution in [1.82, 2.24) is 0 Å². The fourth-order valence-electron chi connectivity index (χ4n) is 1.98. The van der Waals surface area contributed by atoms with Crippen LogP contribution in [0.5, 0.6) is 17.2 Å². The molecule has 0 saturated heterocycles. The fourth-order valence-corrected chi connectivity index (χ4v) is 2.15. The van der Waals surface area contributed by atoms with Gasteiger partial charge < -0.3 is 14.2 Å². The average Bonchev–Trinajstić information content (AvgIpc) is 2.53. The molecule has 0 fully saturated rings. The first-order valence-corrected chi connectivity index (χ1v) is 6.58. The van der Waals surface area contributed by atoms with Gasteiger partial charge in [0.15, 0.2) is 5.78 Å². The third-order valence-corrected chi connectivity index (χ3v) is 3.30. The summed E-state index contributed by atoms with van der Waals surface area (Å²) in [5.74, 6) is 1.27. The van der Waals surface area contributed by atoms with Gasteiger partial charge >= 0.3 is 0 Å². The monoisotopic (exact) mass is 306 g/mol. The number of ether oxygens (including phenoxy) is 3. The zero-order valence-electron chi connectivity index (χ0n) is 12.0. The number of rotatable bonds is 5. The molecule has 0 amide bonds. The van der Waals surface area contributed by atoms with Crippen LogP contribution in [0.15, 0.2) is 36.4 Å². The quantitative estimate of drug-likeness (QED) is 0.792. The van der Waals surface area contributed by atoms with Crippen molar-refractivity contribution >= 4 is 17.4 Å². The molecular formula is C16H15ClO4. The third kappa shape index (κ3) is 3.11. The van der Waals surface area contributed by atoms with E-state index in [1.165, 1.54) is 14.2 Å². The predicted molar refractivity (Wildman–Crippen MR) is 81.0 cm³/mol. The van der Waals surface area contributed by atoms with E-state index in [-0.39, 0.29) is 5.78 Å². The van der Waals surface area contributed by atoms with Crippen molar-refractivity contribution in [2.24, 2.45) is 0 Å². The molecule has 4 nitrogen and oxygen atoms in total. The lowest BCUT2D eigenvalue weighted by Gasteiger charge is -2.12. The van der Waals surface area contributed by atoms with Crippen LogP contribution >= 0.6 is 11.6 Å². The first kappa shape index (κ1) is 15.2. The fraction of sp³-hybridized carbons (Fsp3) is 0.188. The lowest BCUT2D eigenvalue weighted by Crippen LogP contribution is -2.06. The highest BCUT2D eigenvalue weighted by Crippen LogP contribution is 2.30. The van der Waals surface area contributed by atoms with E-state index < -0.39 is 0 Å². The molecule has 0 aliphatic rings. The predicted octanol–water partition coefficient (Wildman–Crippen LogP) is 3.60. The van der Waals surface area contributed by atoms with Gasteiger partial charge in [-0.05, 0) is 30.3 Å². The molecular weight excluding hydrogens is 292 g/mol. The Hall–Kier alpha value is -2.20. The molecule has 0 heterocycles. The summed E-state index contributed by atoms with van der Waals surface area (Å²) >= 11 is 5.91. The van der Waals surface area contributed by atoms with Crippen LogP contribution in [-0.2, 0) is 0 Å². The number of carbonyl (C=O) groups is 1. The normalized spacial score (nSPS) is 10.1. The maximum absolute atomic E-state index is 12.7. The number of hydrogen-bond donors (Lipinski definition) is 0. The number of benzene rings is 2. The molecule has 0 aliphatic heterocycles. The summed E-state index contributed by atoms with van der Waals surface area (Å²) in [7, 11) is 4.55. The molecule has 0 bridgehead atoms. The number of hydrogen-bond acceptors (Lipinski definition) is 4. The topological polar surface area (TPSA) is 44.8 Å². The van der Waals surface area contributed by atoms with Gasteiger partial charge in [-0.1, -0.05) is 11.6 Å². The van der Waals surface area contributed by atoms with Crippen LogP contribution in [-0.4, -0.2) is 27.1 Å². The molecule has 110 valence electrons. The second-order valence-corrected chi connectivity index (χ2v) is 4.68. The Balaban J connectivity index is 2.49. The lowest BCUT2D eigenvalue weighted by molar-refractivity contribution is 0.103. The molecule has 2 rings (SSSR count). The van der Waals surface area contributed by atoms with Gasteiger partial charge in [0.1, 0.15) is 17.2 Å². The molecule has 0 atom stereocenters. The van der Waals surface area contributed by atoms with Crippen molar-refractivity contribution in [3.63, 3.8) is 0 Å². The van der Waals surface area contributed by atoms with E-state index in [2.05, 4.69) is 0 Å². The maximum atomic E-state index is 12.7. The summed E-state index contributed by atoms with van der Waals surface area (Å²) < 4.78 is 15.6. The minimum absolute atomic E-state index is 0.206. The summed E-state index contributed by atoms with van der Waals surface area (Å²) in [6.07, 6.45) is 0. The Labute approximate surface area is 128 Å². The van der Waals surface area contributed by atoms with Crippen molar-refractivity contribution < 1.29 is 19.0 Å². The smallest absolute Gasteiger partial charge is 0.200 e. The maximum Gasteiger partial charge on any atom is 0.200 e. The van der Waals surface area contributed by atoms with E-state index in [4.69, 9.17) is 25.8 Å². The molecule has 0 aliphatic carbocycles. The molecule has 5 heteroatoms. The number of methoxy groups -OCH3 is 3. The second kappa shape index (κ2) is 6.50. The lowest BCUT2D eigenvalue weighted by atomic mass is 10.0. The van der Waals surface area contributed by atoms with Crippen LogP contribution in [0.4, 0.5) is 0 Å². The van der Waals surface area contributed by atoms with E-state index in [9.17, 15) is 4.79 Å². The number of ketones is 1. The van der Waals surface area contributed by atoms with Crippen LogP contribution in [0.1, 0.15) is 15.9 Å². The van der Waals surface area contributed by atoms with Crippen molar-refractivity contribution in [2.75, 3.05) is 21.3 Å². The van der Waals surface area contributed by atoms with Crippen LogP contribution in [0.25, 0.3) is 0 Å². The number of carbonyl (C=O) groups excluding carboxylic acids is 1. The SMILES string of the molecule is COc1ccc(C(=O)c2ccc(Cl)cc2OC)c(OC)c1. The van der Waals surface area contributed by atoms with Crippen LogP contribution in [0.3, 0.4) is 0 Å². The summed E-state index contributed by atoms with van der Waals surface area (Å²) in [4.78, 5) is 12.7. The minimum Gasteiger partial charge on any atom is -0.497 e. The van der Waals surface area contributed by atoms with Gasteiger partial charge in [0.2, 0.25) is 0 Å². The summed E-state index contributed by atoms with van der Waals surface area (Å²) in [5, 5.41) is 0.505. The molecule has 0 radical (unpaired) electrons. The van der Waals surface area contributed by atoms with Crippen LogP contribution < -0.4 is 14.2 Å². The van der Waals surface area contributed by atoms with E-state index in [1.807, 2.05) is 0 Å². The second-order valence-electron chi connectivity index (χ2n) is 4.24. The summed E-state index contributed by atoms with van der Waals surface area (Å²) in [6.45, 7) is 0. The zero-order valence-corrected chi connectivity index (χ0v) is 12.7. The van der Waals surface area contributed by atoms with Gasteiger partial charge in [0, 0.05) is 11.1 Å². The van der Waals surface area contributed by atoms with Gasteiger partial charge in [-0.25, -0.2) is 0 Å². The molecule has 2 aromatic rings. The molecule has 0 N–H and O–H groups in total. The van der Waals surface area contributed by atoms with Crippen molar-refractivity contribution in [3.8, 4) is 17.2 Å². The van der Waals surface area contributed by atoms with E-state index in [0.29, 0.717) is 33.4 Å². The Morgan fingerprint density at radius 1 is 0.857 bits per heavy atom. The standard InChI is InChI=1S/C16H15ClO4/c1-19-11-5-7-13(15(9-11)21-3)16(18)12-6-4-10(17)8-14(12)20-2/h4-9H,1-3H3. The van der Waals surface area contributed by atoms with Gasteiger partial charge in [-0.3, -0.25) is 4.79 Å². The largest absolute Gasteiger partial charge is 0.497 e. The first-order valence-electron chi connectivity index (χ1n) is 6.21. The molecule has 0 unspecified atom stereocenters. The highest BCUT2D eigenvalue weighted by molar-refractivity contribution is 6.31. The zero-order chi connectivity index (χ0) is 15.4. The average molecular weight is 307 g/mol. The van der Waals surface area contributed by atoms with Crippen LogP contribution in [0.2, 0.25) is 5.02 Å². The Kier molecular flexibility index (Phi) is 4.70. The minimum atomic E-state index is -0.206. The van der Waals surface area contributed by atoms with E-state index >= 15 is 0 Å². The van der Waals surface area contributed by atoms with Crippen molar-refractivity contribution in [3.05, 3.63) is 52.5 Å². The Bertz CT molecular complexity index is 667. The van der Waals surface area contributed by atoms with Gasteiger partial charge in [-0.2, -0.15) is 0 Å². The summed E-state index contributed by atoms with van der Waals surface area (Å²) in [6, 6.07) is 9.91. The van der Waals surface area contributed by atoms with E-state index in [0.717, 1.165) is 0 Å².